The van der Waals surface area contributed by atoms with Crippen LogP contribution in [0.3, 0.4) is 0 Å². The Morgan fingerprint density at radius 3 is 2.56 bits per heavy atom. The van der Waals surface area contributed by atoms with Gasteiger partial charge < -0.3 is 0 Å². The normalized spacial score (nSPS) is 11.3. The summed E-state index contributed by atoms with van der Waals surface area (Å²) in [6.07, 6.45) is 0.945. The predicted octanol–water partition coefficient (Wildman–Crippen LogP) is 3.12. The summed E-state index contributed by atoms with van der Waals surface area (Å²) >= 11 is 1.32. The summed E-state index contributed by atoms with van der Waals surface area (Å²) < 4.78 is 3.31. The van der Waals surface area contributed by atoms with Gasteiger partial charge in [-0.3, -0.25) is 18.6 Å². The lowest BCUT2D eigenvalue weighted by molar-refractivity contribution is 0.102. The third-order valence-corrected chi connectivity index (χ3v) is 5.54. The van der Waals surface area contributed by atoms with Crippen molar-refractivity contribution in [3.63, 3.8) is 0 Å². The molecule has 4 aromatic rings. The lowest BCUT2D eigenvalue weighted by atomic mass is 10.1. The third kappa shape index (κ3) is 3.04. The quantitative estimate of drug-likeness (QED) is 0.394. The highest BCUT2D eigenvalue weighted by Gasteiger charge is 2.16. The van der Waals surface area contributed by atoms with Crippen molar-refractivity contribution in [3.8, 4) is 0 Å². The molecule has 6 nitrogen and oxygen atoms in total. The Bertz CT molecular complexity index is 1210. The first-order valence-electron chi connectivity index (χ1n) is 8.68. The highest BCUT2D eigenvalue weighted by molar-refractivity contribution is 7.99. The highest BCUT2D eigenvalue weighted by atomic mass is 32.2. The Kier molecular flexibility index (Phi) is 4.53. The number of aryl methyl sites for hydroxylation is 2. The Labute approximate surface area is 159 Å². The molecule has 0 aliphatic rings. The van der Waals surface area contributed by atoms with Gasteiger partial charge in [0.05, 0.1) is 16.7 Å². The maximum atomic E-state index is 12.5. The predicted molar refractivity (Wildman–Crippen MR) is 107 cm³/mol. The van der Waals surface area contributed by atoms with Gasteiger partial charge in [-0.25, -0.2) is 0 Å². The fraction of sp³-hybridized carbons (Fsp3) is 0.200. The number of hydrogen-bond acceptors (Lipinski definition) is 5. The molecule has 0 saturated heterocycles. The molecule has 0 saturated carbocycles. The number of aromatic nitrogens is 4. The van der Waals surface area contributed by atoms with Crippen molar-refractivity contribution < 1.29 is 4.79 Å². The molecular weight excluding hydrogens is 360 g/mol. The molecule has 0 fully saturated rings. The van der Waals surface area contributed by atoms with E-state index in [0.29, 0.717) is 21.9 Å². The maximum Gasteiger partial charge on any atom is 0.262 e. The van der Waals surface area contributed by atoms with Crippen LogP contribution in [-0.2, 0) is 13.5 Å². The van der Waals surface area contributed by atoms with Gasteiger partial charge in [-0.05, 0) is 24.1 Å². The number of rotatable bonds is 5. The SMILES string of the molecule is CCc1ccc(C(=O)CSc2nnc3n(C)c(=O)c4ccccc4n23)cc1. The average molecular weight is 378 g/mol. The molecule has 0 unspecified atom stereocenters. The number of Topliss-reactive ketones (excluding diaryl/α,β-unsaturated/α-hetero) is 1. The molecule has 0 bridgehead atoms. The Balaban J connectivity index is 1.68. The van der Waals surface area contributed by atoms with Gasteiger partial charge in [0, 0.05) is 12.6 Å². The number of thioether (sulfide) groups is 1. The zero-order valence-corrected chi connectivity index (χ0v) is 15.9. The van der Waals surface area contributed by atoms with Crippen molar-refractivity contribution in [2.45, 2.75) is 18.5 Å². The van der Waals surface area contributed by atoms with E-state index in [9.17, 15) is 9.59 Å². The van der Waals surface area contributed by atoms with Crippen LogP contribution in [0.1, 0.15) is 22.8 Å². The number of ketones is 1. The largest absolute Gasteiger partial charge is 0.293 e. The smallest absolute Gasteiger partial charge is 0.262 e. The number of nitrogens with zero attached hydrogens (tertiary/aromatic N) is 4. The monoisotopic (exact) mass is 378 g/mol. The minimum absolute atomic E-state index is 0.0357. The lowest BCUT2D eigenvalue weighted by Gasteiger charge is -2.07. The topological polar surface area (TPSA) is 69.3 Å². The number of benzene rings is 2. The number of fused-ring (bicyclic) bond motifs is 3. The zero-order chi connectivity index (χ0) is 19.0. The summed E-state index contributed by atoms with van der Waals surface area (Å²) in [5, 5.41) is 9.54. The first-order chi connectivity index (χ1) is 13.1. The van der Waals surface area contributed by atoms with E-state index >= 15 is 0 Å². The van der Waals surface area contributed by atoms with Gasteiger partial charge in [-0.2, -0.15) is 0 Å². The lowest BCUT2D eigenvalue weighted by Crippen LogP contribution is -2.20. The summed E-state index contributed by atoms with van der Waals surface area (Å²) in [5.41, 5.74) is 2.51. The molecule has 0 amide bonds. The molecule has 0 radical (unpaired) electrons. The van der Waals surface area contributed by atoms with Crippen LogP contribution >= 0.6 is 11.8 Å². The molecule has 0 N–H and O–H groups in total. The summed E-state index contributed by atoms with van der Waals surface area (Å²) in [7, 11) is 1.67. The number of hydrogen-bond donors (Lipinski definition) is 0. The Morgan fingerprint density at radius 1 is 1.07 bits per heavy atom. The van der Waals surface area contributed by atoms with Crippen LogP contribution in [0.15, 0.2) is 58.5 Å². The first kappa shape index (κ1) is 17.5. The summed E-state index contributed by atoms with van der Waals surface area (Å²) in [4.78, 5) is 25.0. The van der Waals surface area contributed by atoms with Gasteiger partial charge in [0.2, 0.25) is 5.78 Å². The summed E-state index contributed by atoms with van der Waals surface area (Å²) in [6.45, 7) is 2.08. The van der Waals surface area contributed by atoms with E-state index in [1.807, 2.05) is 46.9 Å². The number of para-hydroxylation sites is 1. The second-order valence-electron chi connectivity index (χ2n) is 6.26. The maximum absolute atomic E-state index is 12.5. The van der Waals surface area contributed by atoms with Crippen molar-refractivity contribution in [1.29, 1.82) is 0 Å². The van der Waals surface area contributed by atoms with Crippen LogP contribution in [-0.4, -0.2) is 30.7 Å². The van der Waals surface area contributed by atoms with E-state index in [1.54, 1.807) is 13.1 Å². The second-order valence-corrected chi connectivity index (χ2v) is 7.20. The molecular formula is C20H18N4O2S. The van der Waals surface area contributed by atoms with Gasteiger partial charge >= 0.3 is 0 Å². The third-order valence-electron chi connectivity index (χ3n) is 4.61. The van der Waals surface area contributed by atoms with Crippen molar-refractivity contribution in [2.24, 2.45) is 7.05 Å². The van der Waals surface area contributed by atoms with E-state index in [2.05, 4.69) is 17.1 Å². The highest BCUT2D eigenvalue weighted by Crippen LogP contribution is 2.22. The molecule has 136 valence electrons. The minimum Gasteiger partial charge on any atom is -0.293 e. The van der Waals surface area contributed by atoms with E-state index < -0.39 is 0 Å². The average Bonchev–Trinajstić information content (AvgIpc) is 3.14. The van der Waals surface area contributed by atoms with E-state index in [0.717, 1.165) is 11.9 Å². The second kappa shape index (κ2) is 7.00. The van der Waals surface area contributed by atoms with Crippen LogP contribution in [0.2, 0.25) is 0 Å². The van der Waals surface area contributed by atoms with E-state index in [-0.39, 0.29) is 17.1 Å². The van der Waals surface area contributed by atoms with Gasteiger partial charge in [-0.1, -0.05) is 55.1 Å². The Hall–Kier alpha value is -2.93. The van der Waals surface area contributed by atoms with E-state index in [1.165, 1.54) is 21.9 Å². The van der Waals surface area contributed by atoms with Crippen molar-refractivity contribution in [2.75, 3.05) is 5.75 Å². The number of carbonyl (C=O) groups excluding carboxylic acids is 1. The van der Waals surface area contributed by atoms with Crippen molar-refractivity contribution in [1.82, 2.24) is 19.2 Å². The standard InChI is InChI=1S/C20H18N4O2S/c1-3-13-8-10-14(11-9-13)17(25)12-27-20-22-21-19-23(2)18(26)15-6-4-5-7-16(15)24(19)20/h4-11H,3,12H2,1-2H3. The molecule has 2 heterocycles. The van der Waals surface area contributed by atoms with Crippen molar-refractivity contribution >= 4 is 34.2 Å². The van der Waals surface area contributed by atoms with Gasteiger partial charge in [0.15, 0.2) is 10.9 Å². The fourth-order valence-electron chi connectivity index (χ4n) is 3.04. The van der Waals surface area contributed by atoms with Crippen LogP contribution in [0.25, 0.3) is 16.7 Å². The Morgan fingerprint density at radius 2 is 1.81 bits per heavy atom. The molecule has 7 heteroatoms. The number of carbonyl (C=O) groups is 1. The summed E-state index contributed by atoms with van der Waals surface area (Å²) in [5.74, 6) is 0.748. The zero-order valence-electron chi connectivity index (χ0n) is 15.0. The minimum atomic E-state index is -0.117. The van der Waals surface area contributed by atoms with Crippen LogP contribution in [0.4, 0.5) is 0 Å². The molecule has 0 aliphatic carbocycles. The molecule has 2 aromatic heterocycles. The van der Waals surface area contributed by atoms with Gasteiger partial charge in [0.25, 0.3) is 5.56 Å². The molecule has 4 rings (SSSR count). The molecule has 0 aliphatic heterocycles. The van der Waals surface area contributed by atoms with Crippen LogP contribution in [0.5, 0.6) is 0 Å². The van der Waals surface area contributed by atoms with E-state index in [4.69, 9.17) is 0 Å². The van der Waals surface area contributed by atoms with Crippen molar-refractivity contribution in [3.05, 3.63) is 70.0 Å². The molecule has 0 spiro atoms. The molecule has 2 aromatic carbocycles. The van der Waals surface area contributed by atoms with Gasteiger partial charge in [0.1, 0.15) is 0 Å². The van der Waals surface area contributed by atoms with Crippen LogP contribution in [0, 0.1) is 0 Å². The fourth-order valence-corrected chi connectivity index (χ4v) is 3.88. The molecule has 0 atom stereocenters. The molecule has 27 heavy (non-hydrogen) atoms. The first-order valence-corrected chi connectivity index (χ1v) is 9.66. The summed E-state index contributed by atoms with van der Waals surface area (Å²) in [6, 6.07) is 15.0. The van der Waals surface area contributed by atoms with Crippen LogP contribution < -0.4 is 5.56 Å². The van der Waals surface area contributed by atoms with Gasteiger partial charge in [-0.15, -0.1) is 10.2 Å².